The van der Waals surface area contributed by atoms with E-state index in [4.69, 9.17) is 25.7 Å². The molecule has 0 radical (unpaired) electrons. The highest BCUT2D eigenvalue weighted by Crippen LogP contribution is 2.67. The summed E-state index contributed by atoms with van der Waals surface area (Å²) in [6, 6.07) is 2.99. The lowest BCUT2D eigenvalue weighted by Gasteiger charge is -2.62. The maximum Gasteiger partial charge on any atom is 0.494 e. The van der Waals surface area contributed by atoms with Crippen molar-refractivity contribution in [2.75, 3.05) is 12.5 Å². The molecule has 8 atom stereocenters. The van der Waals surface area contributed by atoms with E-state index in [1.165, 1.54) is 6.07 Å². The summed E-state index contributed by atoms with van der Waals surface area (Å²) in [4.78, 5) is 26.7. The molecule has 1 aromatic rings. The third kappa shape index (κ3) is 4.02. The smallest absolute Gasteiger partial charge is 0.479 e. The van der Waals surface area contributed by atoms with Crippen molar-refractivity contribution < 1.29 is 38.2 Å². The zero-order chi connectivity index (χ0) is 27.6. The van der Waals surface area contributed by atoms with Crippen LogP contribution in [0.2, 0.25) is 0 Å². The highest BCUT2D eigenvalue weighted by Gasteiger charge is 2.68. The van der Waals surface area contributed by atoms with Crippen LogP contribution in [0.25, 0.3) is 0 Å². The normalized spacial score (nSPS) is 40.3. The molecule has 3 fully saturated rings. The fourth-order valence-electron chi connectivity index (χ4n) is 8.19. The average Bonchev–Trinajstić information content (AvgIpc) is 3.45. The van der Waals surface area contributed by atoms with Gasteiger partial charge in [-0.05, 0) is 54.6 Å². The number of rotatable bonds is 5. The summed E-state index contributed by atoms with van der Waals surface area (Å²) < 4.78 is 31.6. The van der Waals surface area contributed by atoms with Crippen LogP contribution in [0.5, 0.6) is 5.75 Å². The first-order chi connectivity index (χ1) is 17.9. The van der Waals surface area contributed by atoms with Gasteiger partial charge >= 0.3 is 13.1 Å². The molecule has 0 saturated heterocycles. The van der Waals surface area contributed by atoms with Gasteiger partial charge in [0, 0.05) is 34.5 Å². The zero-order valence-electron chi connectivity index (χ0n) is 22.5. The fourth-order valence-corrected chi connectivity index (χ4v) is 8.45. The van der Waals surface area contributed by atoms with E-state index >= 15 is 0 Å². The van der Waals surface area contributed by atoms with Gasteiger partial charge in [0.2, 0.25) is 0 Å². The van der Waals surface area contributed by atoms with Crippen molar-refractivity contribution in [3.63, 3.8) is 0 Å². The number of aliphatic hydroxyl groups excluding tert-OH is 1. The van der Waals surface area contributed by atoms with Crippen molar-refractivity contribution in [1.29, 1.82) is 0 Å². The van der Waals surface area contributed by atoms with Gasteiger partial charge in [-0.15, -0.1) is 11.6 Å². The van der Waals surface area contributed by atoms with Crippen LogP contribution in [0.1, 0.15) is 65.4 Å². The molecule has 2 bridgehead atoms. The number of fused-ring (bicyclic) bond motifs is 1. The number of alkyl halides is 1. The molecule has 3 saturated carbocycles. The number of carbonyl (C=O) groups excluding carboxylic acids is 2. The monoisotopic (exact) mass is 550 g/mol. The Morgan fingerprint density at radius 3 is 2.74 bits per heavy atom. The Hall–Kier alpha value is -1.68. The van der Waals surface area contributed by atoms with E-state index in [0.717, 1.165) is 12.8 Å². The number of halogens is 2. The van der Waals surface area contributed by atoms with Crippen molar-refractivity contribution >= 4 is 35.9 Å². The Labute approximate surface area is 228 Å². The molecule has 10 heteroatoms. The van der Waals surface area contributed by atoms with Gasteiger partial charge in [0.1, 0.15) is 11.9 Å². The van der Waals surface area contributed by atoms with Crippen molar-refractivity contribution in [2.24, 2.45) is 34.0 Å². The Balaban J connectivity index is 1.44. The van der Waals surface area contributed by atoms with Crippen LogP contribution in [0, 0.1) is 39.8 Å². The fraction of sp³-hybridized carbons (Fsp3) is 0.714. The van der Waals surface area contributed by atoms with Gasteiger partial charge in [0.25, 0.3) is 0 Å². The van der Waals surface area contributed by atoms with Gasteiger partial charge in [-0.3, -0.25) is 4.79 Å². The molecule has 0 amide bonds. The van der Waals surface area contributed by atoms with Crippen molar-refractivity contribution in [3.05, 3.63) is 23.5 Å². The summed E-state index contributed by atoms with van der Waals surface area (Å²) >= 11 is 6.47. The Bertz CT molecular complexity index is 1130. The van der Waals surface area contributed by atoms with Gasteiger partial charge in [0.05, 0.1) is 12.7 Å². The van der Waals surface area contributed by atoms with Crippen molar-refractivity contribution in [2.45, 2.75) is 78.6 Å². The molecule has 0 unspecified atom stereocenters. The van der Waals surface area contributed by atoms with E-state index in [-0.39, 0.29) is 52.7 Å². The number of Topliss-reactive ketones (excluding diaryl/α,β-unsaturated/α-hetero) is 1. The molecule has 2 N–H and O–H groups in total. The number of esters is 1. The first-order valence-electron chi connectivity index (χ1n) is 13.6. The summed E-state index contributed by atoms with van der Waals surface area (Å²) in [7, 11) is -1.38. The maximum atomic E-state index is 14.9. The molecule has 38 heavy (non-hydrogen) atoms. The summed E-state index contributed by atoms with van der Waals surface area (Å²) in [5.74, 6) is -1.67. The Morgan fingerprint density at radius 1 is 1.29 bits per heavy atom. The second kappa shape index (κ2) is 9.75. The largest absolute Gasteiger partial charge is 0.494 e. The summed E-state index contributed by atoms with van der Waals surface area (Å²) in [5.41, 5.74) is -1.23. The number of hydrogen-bond donors (Lipinski definition) is 2. The van der Waals surface area contributed by atoms with Crippen LogP contribution in [0.15, 0.2) is 12.1 Å². The molecule has 0 aromatic heterocycles. The van der Waals surface area contributed by atoms with E-state index in [0.29, 0.717) is 24.8 Å². The predicted molar refractivity (Wildman–Crippen MR) is 139 cm³/mol. The summed E-state index contributed by atoms with van der Waals surface area (Å²) in [6.07, 6.45) is 1.72. The highest BCUT2D eigenvalue weighted by molar-refractivity contribution is 6.61. The topological polar surface area (TPSA) is 102 Å². The lowest BCUT2D eigenvalue weighted by molar-refractivity contribution is -0.210. The molecular weight excluding hydrogens is 514 g/mol. The molecular formula is C28H37BClFO7. The number of ketones is 1. The zero-order valence-corrected chi connectivity index (χ0v) is 23.2. The maximum absolute atomic E-state index is 14.9. The second-order valence-corrected chi connectivity index (χ2v) is 12.8. The van der Waals surface area contributed by atoms with E-state index in [1.807, 2.05) is 13.8 Å². The molecule has 4 aliphatic rings. The number of ether oxygens (including phenoxy) is 2. The Kier molecular flexibility index (Phi) is 7.15. The highest BCUT2D eigenvalue weighted by atomic mass is 35.5. The first-order valence-corrected chi connectivity index (χ1v) is 14.1. The number of aliphatic hydroxyl groups is 1. The molecule has 0 spiro atoms. The molecule has 1 aromatic carbocycles. The molecule has 7 nitrogen and oxygen atoms in total. The number of carbonyl (C=O) groups is 2. The minimum absolute atomic E-state index is 0.0106. The van der Waals surface area contributed by atoms with E-state index < -0.39 is 48.5 Å². The van der Waals surface area contributed by atoms with E-state index in [1.54, 1.807) is 6.07 Å². The van der Waals surface area contributed by atoms with Gasteiger partial charge in [0.15, 0.2) is 18.2 Å². The minimum atomic E-state index is -1.38. The van der Waals surface area contributed by atoms with Gasteiger partial charge in [-0.25, -0.2) is 9.18 Å². The molecule has 3 aliphatic carbocycles. The van der Waals surface area contributed by atoms with Crippen LogP contribution < -0.4 is 10.2 Å². The third-order valence-corrected chi connectivity index (χ3v) is 11.3. The molecule has 1 aliphatic heterocycles. The predicted octanol–water partition coefficient (Wildman–Crippen LogP) is 3.38. The third-order valence-electron chi connectivity index (χ3n) is 10.7. The quantitative estimate of drug-likeness (QED) is 0.329. The molecule has 208 valence electrons. The van der Waals surface area contributed by atoms with Gasteiger partial charge in [-0.2, -0.15) is 0 Å². The second-order valence-electron chi connectivity index (χ2n) is 12.5. The number of hydrogen-bond acceptors (Lipinski definition) is 7. The van der Waals surface area contributed by atoms with Crippen LogP contribution in [0.4, 0.5) is 4.39 Å². The van der Waals surface area contributed by atoms with Crippen molar-refractivity contribution in [3.8, 4) is 5.75 Å². The van der Waals surface area contributed by atoms with E-state index in [2.05, 4.69) is 13.8 Å². The van der Waals surface area contributed by atoms with Crippen LogP contribution in [0.3, 0.4) is 0 Å². The lowest BCUT2D eigenvalue weighted by atomic mass is 9.44. The summed E-state index contributed by atoms with van der Waals surface area (Å²) in [5, 5.41) is 21.5. The van der Waals surface area contributed by atoms with Gasteiger partial charge < -0.3 is 24.3 Å². The lowest BCUT2D eigenvalue weighted by Crippen LogP contribution is -2.63. The van der Waals surface area contributed by atoms with Crippen LogP contribution in [-0.2, 0) is 25.6 Å². The molecule has 5 rings (SSSR count). The SMILES string of the molecule is C[C@@H]1CC[C@@]23CCC(=O)[C@H]2[C@]1(C)[C@H](OC(=O)COc1ccc2c(c1F)B(O)OC2)C[C@@](C)(CCl)[C@@H](O)[C@@H]3C. The first kappa shape index (κ1) is 27.9. The average molecular weight is 551 g/mol. The van der Waals surface area contributed by atoms with Crippen molar-refractivity contribution in [1.82, 2.24) is 0 Å². The number of benzene rings is 1. The minimum Gasteiger partial charge on any atom is -0.479 e. The van der Waals surface area contributed by atoms with Gasteiger partial charge in [-0.1, -0.05) is 33.8 Å². The standard InChI is InChI=1S/C28H37BClFO7/c1-15-7-9-28-10-8-18(32)24(28)27(15,4)20(11-26(3,14-30)25(34)16(28)2)38-21(33)13-36-19-6-5-17-12-37-29(35)22(17)23(19)31/h5-6,15-16,20,24-25,34-35H,7-14H2,1-4H3/t15-,16+,20-,24+,25+,26+,27+,28+/m1/s1. The summed E-state index contributed by atoms with van der Waals surface area (Å²) in [6.45, 7) is 7.68. The van der Waals surface area contributed by atoms with E-state index in [9.17, 15) is 24.1 Å². The van der Waals surface area contributed by atoms with Crippen LogP contribution in [-0.4, -0.2) is 53.7 Å². The van der Waals surface area contributed by atoms with Crippen LogP contribution >= 0.6 is 11.6 Å². The Morgan fingerprint density at radius 2 is 2.03 bits per heavy atom. The molecule has 1 heterocycles.